The predicted octanol–water partition coefficient (Wildman–Crippen LogP) is 9.94. The second-order valence-electron chi connectivity index (χ2n) is 7.86. The van der Waals surface area contributed by atoms with E-state index in [1.165, 1.54) is 47.0 Å². The summed E-state index contributed by atoms with van der Waals surface area (Å²) in [5, 5.41) is 0. The van der Waals surface area contributed by atoms with E-state index in [2.05, 4.69) is 31.9 Å². The first kappa shape index (κ1) is 26.9. The van der Waals surface area contributed by atoms with Crippen molar-refractivity contribution < 1.29 is 26.3 Å². The Bertz CT molecular complexity index is 967. The van der Waals surface area contributed by atoms with Crippen LogP contribution in [0.25, 0.3) is 0 Å². The minimum atomic E-state index is -5.54. The molecule has 1 fully saturated rings. The van der Waals surface area contributed by atoms with Crippen LogP contribution in [0.4, 0.5) is 26.3 Å². The molecule has 4 rings (SSSR count). The zero-order valence-electron chi connectivity index (χ0n) is 18.0. The zero-order valence-corrected chi connectivity index (χ0v) is 24.4. The summed E-state index contributed by atoms with van der Waals surface area (Å²) in [6.45, 7) is 7.42. The molecule has 0 N–H and O–H groups in total. The monoisotopic (exact) mass is 672 g/mol. The van der Waals surface area contributed by atoms with Gasteiger partial charge in [-0.2, -0.15) is 26.3 Å². The lowest BCUT2D eigenvalue weighted by molar-refractivity contribution is -0.258. The lowest BCUT2D eigenvalue weighted by atomic mass is 9.67. The van der Waals surface area contributed by atoms with E-state index in [0.29, 0.717) is 32.8 Å². The number of halogens is 8. The predicted molar refractivity (Wildman–Crippen MR) is 138 cm³/mol. The minimum Gasteiger partial charge on any atom is -0.194 e. The average Bonchev–Trinajstić information content (AvgIpc) is 3.23. The molecule has 0 amide bonds. The summed E-state index contributed by atoms with van der Waals surface area (Å²) in [5.41, 5.74) is -2.59. The molecule has 1 saturated carbocycles. The van der Waals surface area contributed by atoms with E-state index in [9.17, 15) is 8.78 Å². The van der Waals surface area contributed by atoms with Crippen molar-refractivity contribution in [3.63, 3.8) is 0 Å². The van der Waals surface area contributed by atoms with E-state index >= 15 is 17.6 Å². The first-order chi connectivity index (χ1) is 15.3. The number of hydrogen-bond donors (Lipinski definition) is 0. The van der Waals surface area contributed by atoms with Crippen molar-refractivity contribution in [2.24, 2.45) is 0 Å². The van der Waals surface area contributed by atoms with Crippen molar-refractivity contribution in [2.75, 3.05) is 11.5 Å². The number of thioether (sulfide) groups is 4. The van der Waals surface area contributed by atoms with E-state index in [0.717, 1.165) is 0 Å². The van der Waals surface area contributed by atoms with Crippen LogP contribution in [-0.4, -0.2) is 38.8 Å². The molecule has 0 radical (unpaired) electrons. The summed E-state index contributed by atoms with van der Waals surface area (Å²) in [4.78, 5) is 0. The average molecular weight is 674 g/mol. The van der Waals surface area contributed by atoms with Crippen LogP contribution in [0, 0.1) is 0 Å². The van der Waals surface area contributed by atoms with Gasteiger partial charge in [0.25, 0.3) is 0 Å². The molecular weight excluding hydrogens is 654 g/mol. The van der Waals surface area contributed by atoms with Crippen LogP contribution in [0.5, 0.6) is 0 Å². The number of alkyl halides is 6. The molecule has 0 unspecified atom stereocenters. The Labute approximate surface area is 222 Å². The molecule has 0 aromatic rings. The summed E-state index contributed by atoms with van der Waals surface area (Å²) in [6, 6.07) is 0. The normalized spacial score (nSPS) is 33.8. The first-order valence-corrected chi connectivity index (χ1v) is 15.5. The topological polar surface area (TPSA) is 0 Å². The third-order valence-corrected chi connectivity index (χ3v) is 15.1. The molecule has 2 atom stereocenters. The Hall–Kier alpha value is 0.900. The Kier molecular flexibility index (Phi) is 6.91. The van der Waals surface area contributed by atoms with Crippen molar-refractivity contribution in [3.05, 3.63) is 39.7 Å². The molecule has 12 heteroatoms. The fourth-order valence-electron chi connectivity index (χ4n) is 5.16. The van der Waals surface area contributed by atoms with Gasteiger partial charge in [0.15, 0.2) is 0 Å². The molecule has 2 aliphatic heterocycles. The van der Waals surface area contributed by atoms with Crippen molar-refractivity contribution in [2.45, 2.75) is 67.8 Å². The van der Waals surface area contributed by atoms with Gasteiger partial charge in [-0.15, -0.1) is 47.0 Å². The van der Waals surface area contributed by atoms with Crippen molar-refractivity contribution in [1.82, 2.24) is 0 Å². The molecule has 4 aliphatic rings. The van der Waals surface area contributed by atoms with E-state index in [4.69, 9.17) is 0 Å². The molecular formula is C21H20Br2F6S4. The summed E-state index contributed by atoms with van der Waals surface area (Å²) in [6.07, 6.45) is 0.628. The highest BCUT2D eigenvalue weighted by Gasteiger charge is 2.85. The quantitative estimate of drug-likeness (QED) is 0.257. The first-order valence-electron chi connectivity index (χ1n) is 10.3. The van der Waals surface area contributed by atoms with E-state index < -0.39 is 38.4 Å². The third kappa shape index (κ3) is 3.03. The molecule has 2 aliphatic carbocycles. The Morgan fingerprint density at radius 2 is 0.970 bits per heavy atom. The molecule has 184 valence electrons. The van der Waals surface area contributed by atoms with Crippen molar-refractivity contribution >= 4 is 78.9 Å². The number of hydrogen-bond acceptors (Lipinski definition) is 4. The SMILES string of the molecule is CCSC1=C(Br)C2=C3C(=C4C(Br)=C(SCC)S[C@@]4(CC)[C@]2(CC)S1)C(F)(F)C(F)(F)C3(F)F. The number of rotatable bonds is 6. The second kappa shape index (κ2) is 8.46. The summed E-state index contributed by atoms with van der Waals surface area (Å²) >= 11 is 12.3. The van der Waals surface area contributed by atoms with Crippen LogP contribution in [0.15, 0.2) is 39.7 Å². The van der Waals surface area contributed by atoms with Gasteiger partial charge >= 0.3 is 17.8 Å². The van der Waals surface area contributed by atoms with Crippen molar-refractivity contribution in [1.29, 1.82) is 0 Å². The highest BCUT2D eigenvalue weighted by atomic mass is 79.9. The second-order valence-corrected chi connectivity index (χ2v) is 15.1. The molecule has 0 nitrogen and oxygen atoms in total. The molecule has 0 aromatic carbocycles. The Morgan fingerprint density at radius 3 is 1.24 bits per heavy atom. The van der Waals surface area contributed by atoms with Gasteiger partial charge in [-0.1, -0.05) is 27.7 Å². The highest BCUT2D eigenvalue weighted by molar-refractivity contribution is 9.12. The smallest absolute Gasteiger partial charge is 0.194 e. The fraction of sp³-hybridized carbons (Fsp3) is 0.619. The maximum absolute atomic E-state index is 15.4. The van der Waals surface area contributed by atoms with E-state index in [1.807, 2.05) is 27.7 Å². The Morgan fingerprint density at radius 1 is 0.636 bits per heavy atom. The van der Waals surface area contributed by atoms with Gasteiger partial charge in [-0.25, -0.2) is 0 Å². The van der Waals surface area contributed by atoms with Crippen LogP contribution in [0.2, 0.25) is 0 Å². The van der Waals surface area contributed by atoms with Gasteiger partial charge in [0.1, 0.15) is 0 Å². The molecule has 0 spiro atoms. The molecule has 0 bridgehead atoms. The van der Waals surface area contributed by atoms with Gasteiger partial charge in [0.05, 0.1) is 18.0 Å². The van der Waals surface area contributed by atoms with Gasteiger partial charge in [-0.3, -0.25) is 0 Å². The maximum Gasteiger partial charge on any atom is 0.380 e. The van der Waals surface area contributed by atoms with Crippen LogP contribution in [0.1, 0.15) is 40.5 Å². The van der Waals surface area contributed by atoms with Crippen LogP contribution >= 0.6 is 78.9 Å². The summed E-state index contributed by atoms with van der Waals surface area (Å²) < 4.78 is 91.0. The molecule has 33 heavy (non-hydrogen) atoms. The zero-order chi connectivity index (χ0) is 24.8. The summed E-state index contributed by atoms with van der Waals surface area (Å²) in [7, 11) is 0. The highest BCUT2D eigenvalue weighted by Crippen LogP contribution is 2.79. The van der Waals surface area contributed by atoms with E-state index in [-0.39, 0.29) is 20.1 Å². The molecule has 0 aromatic heterocycles. The largest absolute Gasteiger partial charge is 0.380 e. The standard InChI is InChI=1S/C21H20Br2F6S4/c1-5-17-11(13(22)15(32-17)30-7-3)9-10(20(26,27)21(28,29)19(9,24)25)12-14(23)16(31-8-4)33-18(12,17)6-2/h5-8H2,1-4H3/t17-,18-/m1/s1. The van der Waals surface area contributed by atoms with Gasteiger partial charge in [-0.05, 0) is 67.4 Å². The maximum atomic E-state index is 15.4. The van der Waals surface area contributed by atoms with Crippen LogP contribution in [0.3, 0.4) is 0 Å². The third-order valence-electron chi connectivity index (χ3n) is 6.50. The van der Waals surface area contributed by atoms with E-state index in [1.54, 1.807) is 0 Å². The fourth-order valence-corrected chi connectivity index (χ4v) is 13.7. The van der Waals surface area contributed by atoms with Crippen LogP contribution < -0.4 is 0 Å². The van der Waals surface area contributed by atoms with Gasteiger partial charge in [0, 0.05) is 20.1 Å². The van der Waals surface area contributed by atoms with Crippen molar-refractivity contribution in [3.8, 4) is 0 Å². The van der Waals surface area contributed by atoms with Crippen LogP contribution in [-0.2, 0) is 0 Å². The lowest BCUT2D eigenvalue weighted by Gasteiger charge is -2.51. The molecule has 0 saturated heterocycles. The Balaban J connectivity index is 2.23. The number of fused-ring (bicyclic) bond motifs is 4. The number of allylic oxidation sites excluding steroid dienone is 4. The summed E-state index contributed by atoms with van der Waals surface area (Å²) in [5.74, 6) is -14.3. The minimum absolute atomic E-state index is 0.0936. The van der Waals surface area contributed by atoms with Gasteiger partial charge in [0.2, 0.25) is 0 Å². The van der Waals surface area contributed by atoms with Gasteiger partial charge < -0.3 is 0 Å². The molecule has 2 heterocycles. The lowest BCUT2D eigenvalue weighted by Crippen LogP contribution is -2.52.